The van der Waals surface area contributed by atoms with Crippen LogP contribution in [0, 0.1) is 5.92 Å². The van der Waals surface area contributed by atoms with Crippen molar-refractivity contribution in [3.63, 3.8) is 0 Å². The van der Waals surface area contributed by atoms with Gasteiger partial charge in [-0.1, -0.05) is 0 Å². The molecule has 2 aliphatic rings. The van der Waals surface area contributed by atoms with E-state index in [4.69, 9.17) is 0 Å². The molecule has 8 heteroatoms. The molecule has 0 radical (unpaired) electrons. The summed E-state index contributed by atoms with van der Waals surface area (Å²) in [6.45, 7) is 3.18. The highest BCUT2D eigenvalue weighted by molar-refractivity contribution is 7.89. The van der Waals surface area contributed by atoms with E-state index in [0.29, 0.717) is 38.3 Å². The van der Waals surface area contributed by atoms with E-state index in [9.17, 15) is 18.0 Å². The summed E-state index contributed by atoms with van der Waals surface area (Å²) < 4.78 is 27.1. The number of benzene rings is 1. The molecule has 2 amide bonds. The topological polar surface area (TPSA) is 86.8 Å². The first-order valence-corrected chi connectivity index (χ1v) is 9.98. The predicted molar refractivity (Wildman–Crippen MR) is 93.4 cm³/mol. The normalized spacial score (nSPS) is 19.3. The predicted octanol–water partition coefficient (Wildman–Crippen LogP) is 1.28. The lowest BCUT2D eigenvalue weighted by Crippen LogP contribution is -2.37. The molecular weight excluding hydrogens is 342 g/mol. The number of rotatable bonds is 4. The van der Waals surface area contributed by atoms with Crippen molar-refractivity contribution in [1.29, 1.82) is 0 Å². The van der Waals surface area contributed by atoms with E-state index in [1.807, 2.05) is 0 Å². The Bertz CT molecular complexity index is 757. The molecule has 2 fully saturated rings. The SMILES string of the molecule is CC(=O)Nc1ccc(S(=O)(=O)N2CCCN(C(=O)C3CC3)CC2)cc1. The summed E-state index contributed by atoms with van der Waals surface area (Å²) in [5.41, 5.74) is 0.559. The molecule has 1 saturated heterocycles. The van der Waals surface area contributed by atoms with Crippen LogP contribution in [0.5, 0.6) is 0 Å². The van der Waals surface area contributed by atoms with Gasteiger partial charge in [0.2, 0.25) is 21.8 Å². The van der Waals surface area contributed by atoms with Crippen molar-refractivity contribution in [1.82, 2.24) is 9.21 Å². The summed E-state index contributed by atoms with van der Waals surface area (Å²) >= 11 is 0. The number of hydrogen-bond donors (Lipinski definition) is 1. The van der Waals surface area contributed by atoms with E-state index < -0.39 is 10.0 Å². The van der Waals surface area contributed by atoms with Gasteiger partial charge in [0.15, 0.2) is 0 Å². The smallest absolute Gasteiger partial charge is 0.243 e. The Kier molecular flexibility index (Phi) is 5.10. The molecule has 1 aromatic carbocycles. The Labute approximate surface area is 148 Å². The molecule has 0 bridgehead atoms. The Balaban J connectivity index is 1.69. The molecule has 1 saturated carbocycles. The molecule has 0 spiro atoms. The quantitative estimate of drug-likeness (QED) is 0.871. The zero-order valence-electron chi connectivity index (χ0n) is 14.3. The number of anilines is 1. The third-order valence-electron chi connectivity index (χ3n) is 4.51. The Morgan fingerprint density at radius 2 is 1.72 bits per heavy atom. The molecule has 25 heavy (non-hydrogen) atoms. The maximum Gasteiger partial charge on any atom is 0.243 e. The summed E-state index contributed by atoms with van der Waals surface area (Å²) in [5, 5.41) is 2.62. The second-order valence-corrected chi connectivity index (χ2v) is 8.50. The standard InChI is InChI=1S/C17H23N3O4S/c1-13(21)18-15-5-7-16(8-6-15)25(23,24)20-10-2-9-19(11-12-20)17(22)14-3-4-14/h5-8,14H,2-4,9-12H2,1H3,(H,18,21). The fraction of sp³-hybridized carbons (Fsp3) is 0.529. The summed E-state index contributed by atoms with van der Waals surface area (Å²) in [6.07, 6.45) is 2.55. The van der Waals surface area contributed by atoms with Crippen molar-refractivity contribution in [3.8, 4) is 0 Å². The van der Waals surface area contributed by atoms with Crippen LogP contribution in [-0.2, 0) is 19.6 Å². The van der Waals surface area contributed by atoms with Gasteiger partial charge in [0.25, 0.3) is 0 Å². The molecule has 1 aliphatic heterocycles. The fourth-order valence-electron chi connectivity index (χ4n) is 3.01. The number of sulfonamides is 1. The van der Waals surface area contributed by atoms with Crippen molar-refractivity contribution in [2.45, 2.75) is 31.1 Å². The number of amides is 2. The minimum absolute atomic E-state index is 0.157. The zero-order chi connectivity index (χ0) is 18.0. The second-order valence-electron chi connectivity index (χ2n) is 6.56. The highest BCUT2D eigenvalue weighted by atomic mass is 32.2. The maximum atomic E-state index is 12.8. The zero-order valence-corrected chi connectivity index (χ0v) is 15.1. The van der Waals surface area contributed by atoms with Crippen LogP contribution >= 0.6 is 0 Å². The van der Waals surface area contributed by atoms with Crippen molar-refractivity contribution < 1.29 is 18.0 Å². The van der Waals surface area contributed by atoms with Crippen LogP contribution in [-0.4, -0.2) is 55.6 Å². The summed E-state index contributed by atoms with van der Waals surface area (Å²) in [6, 6.07) is 6.15. The first-order valence-electron chi connectivity index (χ1n) is 8.54. The Morgan fingerprint density at radius 3 is 2.32 bits per heavy atom. The van der Waals surface area contributed by atoms with Gasteiger partial charge in [0.05, 0.1) is 4.90 Å². The van der Waals surface area contributed by atoms with Gasteiger partial charge in [0.1, 0.15) is 0 Å². The third kappa shape index (κ3) is 4.19. The molecule has 7 nitrogen and oxygen atoms in total. The van der Waals surface area contributed by atoms with Crippen LogP contribution in [0.4, 0.5) is 5.69 Å². The molecule has 0 unspecified atom stereocenters. The van der Waals surface area contributed by atoms with Gasteiger partial charge in [-0.15, -0.1) is 0 Å². The van der Waals surface area contributed by atoms with Gasteiger partial charge in [0, 0.05) is 44.7 Å². The molecular formula is C17H23N3O4S. The minimum Gasteiger partial charge on any atom is -0.341 e. The van der Waals surface area contributed by atoms with Crippen LogP contribution in [0.3, 0.4) is 0 Å². The monoisotopic (exact) mass is 365 g/mol. The molecule has 3 rings (SSSR count). The van der Waals surface area contributed by atoms with Crippen molar-refractivity contribution in [2.75, 3.05) is 31.5 Å². The molecule has 1 N–H and O–H groups in total. The van der Waals surface area contributed by atoms with Gasteiger partial charge in [-0.05, 0) is 43.5 Å². The third-order valence-corrected chi connectivity index (χ3v) is 6.42. The van der Waals surface area contributed by atoms with E-state index in [2.05, 4.69) is 5.32 Å². The average Bonchev–Trinajstić information content (AvgIpc) is 3.40. The minimum atomic E-state index is -3.60. The van der Waals surface area contributed by atoms with E-state index in [1.54, 1.807) is 17.0 Å². The summed E-state index contributed by atoms with van der Waals surface area (Å²) in [5.74, 6) is 0.118. The lowest BCUT2D eigenvalue weighted by atomic mass is 10.3. The van der Waals surface area contributed by atoms with Crippen LogP contribution in [0.15, 0.2) is 29.2 Å². The number of hydrogen-bond acceptors (Lipinski definition) is 4. The van der Waals surface area contributed by atoms with Crippen LogP contribution in [0.25, 0.3) is 0 Å². The van der Waals surface area contributed by atoms with Gasteiger partial charge < -0.3 is 10.2 Å². The van der Waals surface area contributed by atoms with Crippen molar-refractivity contribution >= 4 is 27.5 Å². The first-order chi connectivity index (χ1) is 11.9. The molecule has 1 aromatic rings. The highest BCUT2D eigenvalue weighted by Crippen LogP contribution is 2.31. The largest absolute Gasteiger partial charge is 0.341 e. The molecule has 136 valence electrons. The lowest BCUT2D eigenvalue weighted by molar-refractivity contribution is -0.132. The summed E-state index contributed by atoms with van der Waals surface area (Å²) in [4.78, 5) is 25.2. The van der Waals surface area contributed by atoms with Crippen molar-refractivity contribution in [2.24, 2.45) is 5.92 Å². The van der Waals surface area contributed by atoms with Crippen LogP contribution < -0.4 is 5.32 Å². The first kappa shape index (κ1) is 17.9. The second kappa shape index (κ2) is 7.13. The maximum absolute atomic E-state index is 12.8. The average molecular weight is 365 g/mol. The molecule has 0 aromatic heterocycles. The van der Waals surface area contributed by atoms with Gasteiger partial charge in [-0.2, -0.15) is 4.31 Å². The van der Waals surface area contributed by atoms with E-state index >= 15 is 0 Å². The highest BCUT2D eigenvalue weighted by Gasteiger charge is 2.35. The Hall–Kier alpha value is -1.93. The lowest BCUT2D eigenvalue weighted by Gasteiger charge is -2.22. The van der Waals surface area contributed by atoms with Gasteiger partial charge >= 0.3 is 0 Å². The summed E-state index contributed by atoms with van der Waals surface area (Å²) in [7, 11) is -3.60. The van der Waals surface area contributed by atoms with Gasteiger partial charge in [-0.25, -0.2) is 8.42 Å². The van der Waals surface area contributed by atoms with Crippen LogP contribution in [0.2, 0.25) is 0 Å². The van der Waals surface area contributed by atoms with E-state index in [0.717, 1.165) is 12.8 Å². The van der Waals surface area contributed by atoms with E-state index in [-0.39, 0.29) is 22.6 Å². The fourth-order valence-corrected chi connectivity index (χ4v) is 4.48. The van der Waals surface area contributed by atoms with E-state index in [1.165, 1.54) is 23.4 Å². The van der Waals surface area contributed by atoms with Crippen LogP contribution in [0.1, 0.15) is 26.2 Å². The molecule has 1 heterocycles. The molecule has 1 aliphatic carbocycles. The number of carbonyl (C=O) groups excluding carboxylic acids is 2. The number of carbonyl (C=O) groups is 2. The van der Waals surface area contributed by atoms with Gasteiger partial charge in [-0.3, -0.25) is 9.59 Å². The van der Waals surface area contributed by atoms with Crippen molar-refractivity contribution in [3.05, 3.63) is 24.3 Å². The number of nitrogens with one attached hydrogen (secondary N) is 1. The Morgan fingerprint density at radius 1 is 1.04 bits per heavy atom. The number of nitrogens with zero attached hydrogens (tertiary/aromatic N) is 2. The molecule has 0 atom stereocenters.